The summed E-state index contributed by atoms with van der Waals surface area (Å²) in [6.45, 7) is 0. The Kier molecular flexibility index (Phi) is 4.44. The molecule has 0 amide bonds. The smallest absolute Gasteiger partial charge is 0.344 e. The molecule has 3 heteroatoms. The van der Waals surface area contributed by atoms with Crippen LogP contribution in [0.15, 0.2) is 117 Å². The van der Waals surface area contributed by atoms with Gasteiger partial charge in [-0.2, -0.15) is 0 Å². The van der Waals surface area contributed by atoms with Crippen LogP contribution in [0.25, 0.3) is 54.8 Å². The number of benzene rings is 5. The molecule has 0 aliphatic carbocycles. The summed E-state index contributed by atoms with van der Waals surface area (Å²) in [6, 6.07) is 34.5. The third-order valence-corrected chi connectivity index (χ3v) is 6.50. The van der Waals surface area contributed by atoms with E-state index in [0.717, 1.165) is 48.3 Å². The number of rotatable bonds is 2. The highest BCUT2D eigenvalue weighted by molar-refractivity contribution is 9.10. The third kappa shape index (κ3) is 2.89. The molecular formula is C29H17BrO2. The van der Waals surface area contributed by atoms with Gasteiger partial charge in [-0.15, -0.1) is 0 Å². The molecule has 0 unspecified atom stereocenters. The minimum atomic E-state index is -0.317. The van der Waals surface area contributed by atoms with E-state index >= 15 is 0 Å². The van der Waals surface area contributed by atoms with Gasteiger partial charge in [0, 0.05) is 26.4 Å². The molecule has 1 aromatic heterocycles. The van der Waals surface area contributed by atoms with E-state index in [4.69, 9.17) is 4.42 Å². The fourth-order valence-electron chi connectivity index (χ4n) is 4.61. The molecule has 0 saturated carbocycles. The van der Waals surface area contributed by atoms with Gasteiger partial charge in [0.15, 0.2) is 0 Å². The first-order valence-corrected chi connectivity index (χ1v) is 11.2. The van der Waals surface area contributed by atoms with Crippen LogP contribution in [0.3, 0.4) is 0 Å². The molecule has 0 N–H and O–H groups in total. The summed E-state index contributed by atoms with van der Waals surface area (Å²) in [7, 11) is 0. The molecule has 0 aliphatic heterocycles. The molecule has 6 aromatic rings. The summed E-state index contributed by atoms with van der Waals surface area (Å²) in [5.41, 5.74) is 4.42. The fourth-order valence-corrected chi connectivity index (χ4v) is 4.87. The molecule has 0 bridgehead atoms. The lowest BCUT2D eigenvalue weighted by molar-refractivity contribution is 0.571. The molecule has 0 atom stereocenters. The lowest BCUT2D eigenvalue weighted by Gasteiger charge is -2.17. The molecule has 0 spiro atoms. The summed E-state index contributed by atoms with van der Waals surface area (Å²) < 4.78 is 7.11. The second kappa shape index (κ2) is 7.47. The predicted molar refractivity (Wildman–Crippen MR) is 136 cm³/mol. The van der Waals surface area contributed by atoms with Gasteiger partial charge < -0.3 is 4.42 Å². The number of hydrogen-bond donors (Lipinski definition) is 0. The SMILES string of the molecule is O=c1oc2c(-c3ccccc3)c3ccccc3c(-c3ccc(Br)cc3)c2c2ccccc12. The van der Waals surface area contributed by atoms with E-state index in [1.54, 1.807) is 0 Å². The van der Waals surface area contributed by atoms with Crippen molar-refractivity contribution < 1.29 is 4.42 Å². The molecule has 152 valence electrons. The van der Waals surface area contributed by atoms with Crippen LogP contribution in [-0.2, 0) is 0 Å². The summed E-state index contributed by atoms with van der Waals surface area (Å²) in [4.78, 5) is 13.0. The van der Waals surface area contributed by atoms with Crippen LogP contribution in [-0.4, -0.2) is 0 Å². The average Bonchev–Trinajstić information content (AvgIpc) is 2.84. The number of fused-ring (bicyclic) bond motifs is 4. The zero-order valence-electron chi connectivity index (χ0n) is 17.0. The Morgan fingerprint density at radius 2 is 1.06 bits per heavy atom. The molecular weight excluding hydrogens is 460 g/mol. The molecule has 0 radical (unpaired) electrons. The summed E-state index contributed by atoms with van der Waals surface area (Å²) in [6.07, 6.45) is 0. The van der Waals surface area contributed by atoms with Crippen molar-refractivity contribution in [3.05, 3.63) is 118 Å². The Bertz CT molecular complexity index is 1680. The lowest BCUT2D eigenvalue weighted by Crippen LogP contribution is -2.02. The van der Waals surface area contributed by atoms with E-state index in [1.165, 1.54) is 0 Å². The maximum atomic E-state index is 13.0. The van der Waals surface area contributed by atoms with Crippen molar-refractivity contribution in [2.75, 3.05) is 0 Å². The number of halogens is 1. The Morgan fingerprint density at radius 1 is 0.531 bits per heavy atom. The maximum absolute atomic E-state index is 13.0. The largest absolute Gasteiger partial charge is 0.422 e. The van der Waals surface area contributed by atoms with Crippen LogP contribution in [0.2, 0.25) is 0 Å². The molecule has 2 nitrogen and oxygen atoms in total. The van der Waals surface area contributed by atoms with Gasteiger partial charge >= 0.3 is 5.63 Å². The summed E-state index contributed by atoms with van der Waals surface area (Å²) in [5, 5.41) is 4.63. The Balaban J connectivity index is 1.95. The normalized spacial score (nSPS) is 11.4. The minimum absolute atomic E-state index is 0.317. The Morgan fingerprint density at radius 3 is 1.75 bits per heavy atom. The monoisotopic (exact) mass is 476 g/mol. The first-order chi connectivity index (χ1) is 15.7. The van der Waals surface area contributed by atoms with Gasteiger partial charge in [0.25, 0.3) is 0 Å². The van der Waals surface area contributed by atoms with Crippen LogP contribution in [0.1, 0.15) is 0 Å². The molecule has 0 aliphatic rings. The van der Waals surface area contributed by atoms with Crippen molar-refractivity contribution in [2.45, 2.75) is 0 Å². The molecule has 6 rings (SSSR count). The Labute approximate surface area is 192 Å². The molecule has 32 heavy (non-hydrogen) atoms. The van der Waals surface area contributed by atoms with E-state index in [9.17, 15) is 4.79 Å². The highest BCUT2D eigenvalue weighted by atomic mass is 79.9. The molecule has 0 fully saturated rings. The standard InChI is InChI=1S/C29H17BrO2/c30-20-16-14-19(15-17-20)25-21-10-4-5-11-22(21)26(18-8-2-1-3-9-18)28-27(25)23-12-6-7-13-24(23)29(31)32-28/h1-17H. The van der Waals surface area contributed by atoms with Crippen molar-refractivity contribution >= 4 is 48.4 Å². The van der Waals surface area contributed by atoms with E-state index in [1.807, 2.05) is 60.7 Å². The van der Waals surface area contributed by atoms with Crippen LogP contribution < -0.4 is 5.63 Å². The first kappa shape index (κ1) is 19.0. The predicted octanol–water partition coefficient (Wildman–Crippen LogP) is 8.20. The zero-order chi connectivity index (χ0) is 21.7. The van der Waals surface area contributed by atoms with Crippen molar-refractivity contribution in [1.29, 1.82) is 0 Å². The summed E-state index contributed by atoms with van der Waals surface area (Å²) >= 11 is 3.55. The second-order valence-corrected chi connectivity index (χ2v) is 8.72. The topological polar surface area (TPSA) is 30.2 Å². The van der Waals surface area contributed by atoms with Gasteiger partial charge in [0.05, 0.1) is 5.39 Å². The highest BCUT2D eigenvalue weighted by Gasteiger charge is 2.21. The second-order valence-electron chi connectivity index (χ2n) is 7.81. The van der Waals surface area contributed by atoms with Gasteiger partial charge in [-0.05, 0) is 40.1 Å². The molecule has 0 saturated heterocycles. The van der Waals surface area contributed by atoms with E-state index in [-0.39, 0.29) is 5.63 Å². The highest BCUT2D eigenvalue weighted by Crippen LogP contribution is 2.45. The maximum Gasteiger partial charge on any atom is 0.344 e. The van der Waals surface area contributed by atoms with E-state index in [0.29, 0.717) is 11.0 Å². The van der Waals surface area contributed by atoms with E-state index < -0.39 is 0 Å². The lowest BCUT2D eigenvalue weighted by atomic mass is 9.87. The Hall–Kier alpha value is -3.69. The molecule has 1 heterocycles. The van der Waals surface area contributed by atoms with Gasteiger partial charge in [0.1, 0.15) is 5.58 Å². The van der Waals surface area contributed by atoms with Gasteiger partial charge in [-0.3, -0.25) is 0 Å². The van der Waals surface area contributed by atoms with Crippen molar-refractivity contribution in [3.63, 3.8) is 0 Å². The fraction of sp³-hybridized carbons (Fsp3) is 0. The van der Waals surface area contributed by atoms with E-state index in [2.05, 4.69) is 58.4 Å². The third-order valence-electron chi connectivity index (χ3n) is 5.98. The van der Waals surface area contributed by atoms with Crippen LogP contribution >= 0.6 is 15.9 Å². The van der Waals surface area contributed by atoms with Crippen LogP contribution in [0.4, 0.5) is 0 Å². The first-order valence-electron chi connectivity index (χ1n) is 10.4. The minimum Gasteiger partial charge on any atom is -0.422 e. The van der Waals surface area contributed by atoms with Gasteiger partial charge in [0.2, 0.25) is 0 Å². The van der Waals surface area contributed by atoms with Crippen LogP contribution in [0, 0.1) is 0 Å². The van der Waals surface area contributed by atoms with Crippen molar-refractivity contribution in [2.24, 2.45) is 0 Å². The quantitative estimate of drug-likeness (QED) is 0.143. The van der Waals surface area contributed by atoms with Crippen molar-refractivity contribution in [1.82, 2.24) is 0 Å². The zero-order valence-corrected chi connectivity index (χ0v) is 18.6. The van der Waals surface area contributed by atoms with Gasteiger partial charge in [-0.1, -0.05) is 101 Å². The number of hydrogen-bond acceptors (Lipinski definition) is 2. The molecule has 5 aromatic carbocycles. The van der Waals surface area contributed by atoms with Gasteiger partial charge in [-0.25, -0.2) is 4.79 Å². The summed E-state index contributed by atoms with van der Waals surface area (Å²) in [5.74, 6) is 0. The average molecular weight is 477 g/mol. The van der Waals surface area contributed by atoms with Crippen molar-refractivity contribution in [3.8, 4) is 22.3 Å². The van der Waals surface area contributed by atoms with Crippen LogP contribution in [0.5, 0.6) is 0 Å².